The van der Waals surface area contributed by atoms with Crippen LogP contribution in [0, 0.1) is 0 Å². The highest BCUT2D eigenvalue weighted by Gasteiger charge is 2.23. The predicted molar refractivity (Wildman–Crippen MR) is 120 cm³/mol. The molecule has 0 aliphatic carbocycles. The van der Waals surface area contributed by atoms with Gasteiger partial charge in [0.15, 0.2) is 11.5 Å². The second-order valence-corrected chi connectivity index (χ2v) is 7.24. The summed E-state index contributed by atoms with van der Waals surface area (Å²) in [7, 11) is 4.32. The summed E-state index contributed by atoms with van der Waals surface area (Å²) in [6, 6.07) is 9.90. The van der Waals surface area contributed by atoms with E-state index in [1.807, 2.05) is 0 Å². The van der Waals surface area contributed by atoms with Crippen molar-refractivity contribution in [2.24, 2.45) is 0 Å². The van der Waals surface area contributed by atoms with E-state index in [-0.39, 0.29) is 11.8 Å². The number of benzene rings is 2. The molecule has 0 atom stereocenters. The van der Waals surface area contributed by atoms with Crippen molar-refractivity contribution in [1.29, 1.82) is 0 Å². The third kappa shape index (κ3) is 4.93. The fraction of sp³-hybridized carbons (Fsp3) is 0.348. The molecule has 2 aromatic carbocycles. The first-order valence-electron chi connectivity index (χ1n) is 10.1. The molecular weight excluding hydrogens is 414 g/mol. The van der Waals surface area contributed by atoms with Crippen molar-refractivity contribution in [2.45, 2.75) is 6.92 Å². The number of piperazine rings is 1. The third-order valence-electron chi connectivity index (χ3n) is 5.38. The van der Waals surface area contributed by atoms with Gasteiger partial charge in [-0.25, -0.2) is 4.79 Å². The SMILES string of the molecule is COC(=O)c1ccc(N2CCN(C(C)=O)CC2)c(NC(=O)c2ccc(OC)c(OC)c2)c1. The normalized spacial score (nSPS) is 13.4. The number of rotatable bonds is 6. The Balaban J connectivity index is 1.90. The number of hydrogen-bond donors (Lipinski definition) is 1. The van der Waals surface area contributed by atoms with Gasteiger partial charge in [0.25, 0.3) is 5.91 Å². The molecule has 2 aromatic rings. The zero-order valence-electron chi connectivity index (χ0n) is 18.6. The maximum Gasteiger partial charge on any atom is 0.337 e. The second kappa shape index (κ2) is 10.0. The fourth-order valence-electron chi connectivity index (χ4n) is 3.59. The molecular formula is C23H27N3O6. The maximum absolute atomic E-state index is 13.0. The minimum absolute atomic E-state index is 0.0349. The Morgan fingerprint density at radius 1 is 0.844 bits per heavy atom. The van der Waals surface area contributed by atoms with Gasteiger partial charge in [-0.2, -0.15) is 0 Å². The van der Waals surface area contributed by atoms with Crippen molar-refractivity contribution in [2.75, 3.05) is 57.7 Å². The van der Waals surface area contributed by atoms with Crippen LogP contribution in [0.15, 0.2) is 36.4 Å². The van der Waals surface area contributed by atoms with E-state index in [1.54, 1.807) is 48.2 Å². The number of hydrogen-bond acceptors (Lipinski definition) is 7. The van der Waals surface area contributed by atoms with Crippen molar-refractivity contribution in [3.05, 3.63) is 47.5 Å². The largest absolute Gasteiger partial charge is 0.493 e. The standard InChI is InChI=1S/C23H27N3O6/c1-15(27)25-9-11-26(12-10-25)19-7-5-17(23(29)32-4)13-18(19)24-22(28)16-6-8-20(30-2)21(14-16)31-3/h5-8,13-14H,9-12H2,1-4H3,(H,24,28). The number of nitrogens with zero attached hydrogens (tertiary/aromatic N) is 2. The number of amides is 2. The van der Waals surface area contributed by atoms with Gasteiger partial charge in [0.05, 0.1) is 38.3 Å². The number of ether oxygens (including phenoxy) is 3. The van der Waals surface area contributed by atoms with Crippen LogP contribution in [0.25, 0.3) is 0 Å². The molecule has 1 aliphatic heterocycles. The molecule has 0 bridgehead atoms. The summed E-state index contributed by atoms with van der Waals surface area (Å²) >= 11 is 0. The predicted octanol–water partition coefficient (Wildman–Crippen LogP) is 2.41. The van der Waals surface area contributed by atoms with Gasteiger partial charge in [-0.1, -0.05) is 0 Å². The van der Waals surface area contributed by atoms with Crippen molar-refractivity contribution < 1.29 is 28.6 Å². The zero-order chi connectivity index (χ0) is 23.3. The molecule has 0 unspecified atom stereocenters. The minimum atomic E-state index is -0.500. The third-order valence-corrected chi connectivity index (χ3v) is 5.38. The van der Waals surface area contributed by atoms with Crippen LogP contribution in [0.2, 0.25) is 0 Å². The lowest BCUT2D eigenvalue weighted by Gasteiger charge is -2.36. The molecule has 170 valence electrons. The van der Waals surface area contributed by atoms with Crippen LogP contribution in [0.4, 0.5) is 11.4 Å². The molecule has 0 spiro atoms. The number of methoxy groups -OCH3 is 3. The Hall–Kier alpha value is -3.75. The molecule has 1 heterocycles. The average Bonchev–Trinajstić information content (AvgIpc) is 2.82. The van der Waals surface area contributed by atoms with Crippen LogP contribution in [0.5, 0.6) is 11.5 Å². The maximum atomic E-state index is 13.0. The molecule has 1 fully saturated rings. The Morgan fingerprint density at radius 3 is 2.09 bits per heavy atom. The van der Waals surface area contributed by atoms with Gasteiger partial charge in [0, 0.05) is 38.7 Å². The molecule has 32 heavy (non-hydrogen) atoms. The summed E-state index contributed by atoms with van der Waals surface area (Å²) in [4.78, 5) is 40.6. The highest BCUT2D eigenvalue weighted by molar-refractivity contribution is 6.07. The molecule has 9 heteroatoms. The smallest absolute Gasteiger partial charge is 0.337 e. The topological polar surface area (TPSA) is 97.4 Å². The lowest BCUT2D eigenvalue weighted by molar-refractivity contribution is -0.129. The molecule has 0 radical (unpaired) electrons. The summed E-state index contributed by atoms with van der Waals surface area (Å²) in [6.45, 7) is 3.93. The van der Waals surface area contributed by atoms with Crippen LogP contribution in [0.1, 0.15) is 27.6 Å². The van der Waals surface area contributed by atoms with E-state index >= 15 is 0 Å². The fourth-order valence-corrected chi connectivity index (χ4v) is 3.59. The lowest BCUT2D eigenvalue weighted by Crippen LogP contribution is -2.48. The van der Waals surface area contributed by atoms with Gasteiger partial charge in [-0.15, -0.1) is 0 Å². The number of carbonyl (C=O) groups excluding carboxylic acids is 3. The number of anilines is 2. The summed E-state index contributed by atoms with van der Waals surface area (Å²) in [5.74, 6) is 0.119. The van der Waals surface area contributed by atoms with Gasteiger partial charge < -0.3 is 29.3 Å². The summed E-state index contributed by atoms with van der Waals surface area (Å²) < 4.78 is 15.3. The van der Waals surface area contributed by atoms with Crippen molar-refractivity contribution in [3.63, 3.8) is 0 Å². The molecule has 0 aromatic heterocycles. The van der Waals surface area contributed by atoms with Crippen LogP contribution >= 0.6 is 0 Å². The molecule has 1 aliphatic rings. The van der Waals surface area contributed by atoms with Gasteiger partial charge in [0.2, 0.25) is 5.91 Å². The molecule has 3 rings (SSSR count). The van der Waals surface area contributed by atoms with E-state index in [0.717, 1.165) is 5.69 Å². The molecule has 1 N–H and O–H groups in total. The van der Waals surface area contributed by atoms with E-state index in [9.17, 15) is 14.4 Å². The minimum Gasteiger partial charge on any atom is -0.493 e. The first-order valence-corrected chi connectivity index (χ1v) is 10.1. The second-order valence-electron chi connectivity index (χ2n) is 7.24. The average molecular weight is 441 g/mol. The van der Waals surface area contributed by atoms with Crippen molar-refractivity contribution in [3.8, 4) is 11.5 Å². The Morgan fingerprint density at radius 2 is 1.50 bits per heavy atom. The monoisotopic (exact) mass is 441 g/mol. The molecule has 2 amide bonds. The highest BCUT2D eigenvalue weighted by atomic mass is 16.5. The van der Waals surface area contributed by atoms with Crippen LogP contribution in [-0.4, -0.2) is 70.2 Å². The van der Waals surface area contributed by atoms with Crippen molar-refractivity contribution >= 4 is 29.2 Å². The number of esters is 1. The summed E-state index contributed by atoms with van der Waals surface area (Å²) in [5, 5.41) is 2.90. The molecule has 1 saturated heterocycles. The Bertz CT molecular complexity index is 1010. The Labute approximate surface area is 186 Å². The van der Waals surface area contributed by atoms with Crippen molar-refractivity contribution in [1.82, 2.24) is 4.90 Å². The highest BCUT2D eigenvalue weighted by Crippen LogP contribution is 2.31. The van der Waals surface area contributed by atoms with Gasteiger partial charge >= 0.3 is 5.97 Å². The molecule has 0 saturated carbocycles. The van der Waals surface area contributed by atoms with Crippen LogP contribution in [-0.2, 0) is 9.53 Å². The Kier molecular flexibility index (Phi) is 7.19. The van der Waals surface area contributed by atoms with Gasteiger partial charge in [-0.3, -0.25) is 9.59 Å². The lowest BCUT2D eigenvalue weighted by atomic mass is 10.1. The van der Waals surface area contributed by atoms with Gasteiger partial charge in [0.1, 0.15) is 0 Å². The number of carbonyl (C=O) groups is 3. The van der Waals surface area contributed by atoms with E-state index in [2.05, 4.69) is 10.2 Å². The van der Waals surface area contributed by atoms with Crippen LogP contribution in [0.3, 0.4) is 0 Å². The summed E-state index contributed by atoms with van der Waals surface area (Å²) in [5.41, 5.74) is 1.93. The van der Waals surface area contributed by atoms with Gasteiger partial charge in [-0.05, 0) is 36.4 Å². The summed E-state index contributed by atoms with van der Waals surface area (Å²) in [6.07, 6.45) is 0. The van der Waals surface area contributed by atoms with Crippen LogP contribution < -0.4 is 19.7 Å². The van der Waals surface area contributed by atoms with E-state index in [0.29, 0.717) is 54.5 Å². The van der Waals surface area contributed by atoms with E-state index in [4.69, 9.17) is 14.2 Å². The first kappa shape index (κ1) is 22.9. The van der Waals surface area contributed by atoms with E-state index in [1.165, 1.54) is 21.3 Å². The first-order chi connectivity index (χ1) is 15.4. The molecule has 9 nitrogen and oxygen atoms in total. The quantitative estimate of drug-likeness (QED) is 0.688. The van der Waals surface area contributed by atoms with E-state index < -0.39 is 5.97 Å². The number of nitrogens with one attached hydrogen (secondary N) is 1. The zero-order valence-corrected chi connectivity index (χ0v) is 18.6.